The number of anilines is 1. The summed E-state index contributed by atoms with van der Waals surface area (Å²) in [6, 6.07) is 2.79. The molecule has 1 aromatic rings. The summed E-state index contributed by atoms with van der Waals surface area (Å²) in [6.07, 6.45) is 1.14. The van der Waals surface area contributed by atoms with Crippen molar-refractivity contribution in [3.63, 3.8) is 0 Å². The SMILES string of the molecule is COC(=O)CN(C)c1ccc(S(N)(=O)=O)cn1. The summed E-state index contributed by atoms with van der Waals surface area (Å²) in [4.78, 5) is 16.4. The Morgan fingerprint density at radius 1 is 1.53 bits per heavy atom. The first-order chi connectivity index (χ1) is 7.84. The molecule has 1 heterocycles. The lowest BCUT2D eigenvalue weighted by atomic mass is 10.4. The van der Waals surface area contributed by atoms with Gasteiger partial charge in [0.1, 0.15) is 17.3 Å². The van der Waals surface area contributed by atoms with Crippen LogP contribution in [0.4, 0.5) is 5.82 Å². The van der Waals surface area contributed by atoms with Gasteiger partial charge in [0.25, 0.3) is 0 Å². The van der Waals surface area contributed by atoms with Gasteiger partial charge in [0.05, 0.1) is 7.11 Å². The van der Waals surface area contributed by atoms with Crippen LogP contribution in [0.15, 0.2) is 23.2 Å². The fraction of sp³-hybridized carbons (Fsp3) is 0.333. The number of primary sulfonamides is 1. The standard InChI is InChI=1S/C9H13N3O4S/c1-12(6-9(13)16-2)8-4-3-7(5-11-8)17(10,14)15/h3-5H,6H2,1-2H3,(H2,10,14,15). The predicted molar refractivity (Wildman–Crippen MR) is 60.9 cm³/mol. The molecule has 0 aromatic carbocycles. The number of nitrogens with zero attached hydrogens (tertiary/aromatic N) is 2. The van der Waals surface area contributed by atoms with Crippen molar-refractivity contribution in [2.24, 2.45) is 5.14 Å². The van der Waals surface area contributed by atoms with E-state index in [0.29, 0.717) is 5.82 Å². The van der Waals surface area contributed by atoms with Gasteiger partial charge in [-0.15, -0.1) is 0 Å². The average Bonchev–Trinajstić information content (AvgIpc) is 2.27. The normalized spacial score (nSPS) is 11.0. The van der Waals surface area contributed by atoms with Gasteiger partial charge in [0.2, 0.25) is 10.0 Å². The summed E-state index contributed by atoms with van der Waals surface area (Å²) in [5.74, 6) is 0.0348. The molecule has 0 saturated carbocycles. The highest BCUT2D eigenvalue weighted by Gasteiger charge is 2.11. The van der Waals surface area contributed by atoms with Crippen LogP contribution >= 0.6 is 0 Å². The second kappa shape index (κ2) is 5.11. The summed E-state index contributed by atoms with van der Waals surface area (Å²) in [5, 5.41) is 4.93. The molecule has 0 fully saturated rings. The van der Waals surface area contributed by atoms with Gasteiger partial charge in [-0.1, -0.05) is 0 Å². The Bertz CT molecular complexity index is 497. The third kappa shape index (κ3) is 3.68. The third-order valence-electron chi connectivity index (χ3n) is 2.03. The van der Waals surface area contributed by atoms with Gasteiger partial charge in [-0.25, -0.2) is 18.5 Å². The molecule has 7 nitrogen and oxygen atoms in total. The molecular formula is C9H13N3O4S. The number of sulfonamides is 1. The lowest BCUT2D eigenvalue weighted by Crippen LogP contribution is -2.27. The second-order valence-electron chi connectivity index (χ2n) is 3.33. The first-order valence-corrected chi connectivity index (χ1v) is 6.16. The number of esters is 1. The van der Waals surface area contributed by atoms with Crippen LogP contribution in [0.1, 0.15) is 0 Å². The van der Waals surface area contributed by atoms with Gasteiger partial charge < -0.3 is 9.64 Å². The summed E-state index contributed by atoms with van der Waals surface area (Å²) in [7, 11) is -0.825. The maximum absolute atomic E-state index is 11.0. The number of nitrogens with two attached hydrogens (primary N) is 1. The number of likely N-dealkylation sites (N-methyl/N-ethyl adjacent to an activating group) is 1. The first-order valence-electron chi connectivity index (χ1n) is 4.61. The van der Waals surface area contributed by atoms with Crippen LogP contribution in [0.2, 0.25) is 0 Å². The highest BCUT2D eigenvalue weighted by molar-refractivity contribution is 7.89. The summed E-state index contributed by atoms with van der Waals surface area (Å²) in [5.41, 5.74) is 0. The molecule has 2 N–H and O–H groups in total. The van der Waals surface area contributed by atoms with Gasteiger partial charge >= 0.3 is 5.97 Å². The Morgan fingerprint density at radius 2 is 2.18 bits per heavy atom. The molecule has 17 heavy (non-hydrogen) atoms. The van der Waals surface area contributed by atoms with Crippen molar-refractivity contribution in [3.05, 3.63) is 18.3 Å². The van der Waals surface area contributed by atoms with Crippen molar-refractivity contribution < 1.29 is 17.9 Å². The molecule has 8 heteroatoms. The van der Waals surface area contributed by atoms with E-state index in [9.17, 15) is 13.2 Å². The minimum Gasteiger partial charge on any atom is -0.468 e. The van der Waals surface area contributed by atoms with E-state index >= 15 is 0 Å². The zero-order valence-electron chi connectivity index (χ0n) is 9.45. The Labute approximate surface area is 99.2 Å². The molecule has 0 atom stereocenters. The summed E-state index contributed by atoms with van der Waals surface area (Å²) >= 11 is 0. The Hall–Kier alpha value is -1.67. The van der Waals surface area contributed by atoms with Gasteiger partial charge in [-0.2, -0.15) is 0 Å². The second-order valence-corrected chi connectivity index (χ2v) is 4.89. The zero-order valence-corrected chi connectivity index (χ0v) is 10.3. The molecule has 0 aliphatic rings. The fourth-order valence-electron chi connectivity index (χ4n) is 1.11. The Balaban J connectivity index is 2.84. The maximum atomic E-state index is 11.0. The van der Waals surface area contributed by atoms with Crippen LogP contribution in [0.25, 0.3) is 0 Å². The van der Waals surface area contributed by atoms with E-state index in [0.717, 1.165) is 6.20 Å². The van der Waals surface area contributed by atoms with Gasteiger partial charge in [-0.05, 0) is 12.1 Å². The van der Waals surface area contributed by atoms with E-state index in [1.807, 2.05) is 0 Å². The minimum atomic E-state index is -3.75. The number of pyridine rings is 1. The molecule has 0 radical (unpaired) electrons. The molecular weight excluding hydrogens is 246 g/mol. The topological polar surface area (TPSA) is 103 Å². The average molecular weight is 259 g/mol. The van der Waals surface area contributed by atoms with E-state index in [2.05, 4.69) is 9.72 Å². The summed E-state index contributed by atoms with van der Waals surface area (Å²) in [6.45, 7) is 0.0260. The van der Waals surface area contributed by atoms with Crippen LogP contribution in [-0.4, -0.2) is 40.1 Å². The Morgan fingerprint density at radius 3 is 2.59 bits per heavy atom. The van der Waals surface area contributed by atoms with Crippen LogP contribution in [0, 0.1) is 0 Å². The van der Waals surface area contributed by atoms with Crippen molar-refractivity contribution >= 4 is 21.8 Å². The molecule has 0 aliphatic carbocycles. The van der Waals surface area contributed by atoms with Gasteiger partial charge in [0.15, 0.2) is 0 Å². The molecule has 0 spiro atoms. The number of aromatic nitrogens is 1. The van der Waals surface area contributed by atoms with Crippen LogP contribution in [0.3, 0.4) is 0 Å². The smallest absolute Gasteiger partial charge is 0.325 e. The maximum Gasteiger partial charge on any atom is 0.325 e. The molecule has 0 bridgehead atoms. The lowest BCUT2D eigenvalue weighted by Gasteiger charge is -2.16. The largest absolute Gasteiger partial charge is 0.468 e. The highest BCUT2D eigenvalue weighted by atomic mass is 32.2. The van der Waals surface area contributed by atoms with E-state index in [4.69, 9.17) is 5.14 Å². The number of hydrogen-bond acceptors (Lipinski definition) is 6. The number of rotatable bonds is 4. The molecule has 1 aromatic heterocycles. The van der Waals surface area contributed by atoms with E-state index in [1.165, 1.54) is 24.1 Å². The molecule has 0 saturated heterocycles. The number of methoxy groups -OCH3 is 1. The van der Waals surface area contributed by atoms with Crippen LogP contribution in [0.5, 0.6) is 0 Å². The van der Waals surface area contributed by atoms with Crippen molar-refractivity contribution in [3.8, 4) is 0 Å². The van der Waals surface area contributed by atoms with Crippen molar-refractivity contribution in [2.45, 2.75) is 4.90 Å². The number of ether oxygens (including phenoxy) is 1. The fourth-order valence-corrected chi connectivity index (χ4v) is 1.56. The summed E-state index contributed by atoms with van der Waals surface area (Å²) < 4.78 is 26.5. The first kappa shape index (κ1) is 13.4. The van der Waals surface area contributed by atoms with Gasteiger partial charge in [-0.3, -0.25) is 4.79 Å². The quantitative estimate of drug-likeness (QED) is 0.720. The number of carbonyl (C=O) groups is 1. The zero-order chi connectivity index (χ0) is 13.1. The van der Waals surface area contributed by atoms with Crippen molar-refractivity contribution in [2.75, 3.05) is 25.6 Å². The predicted octanol–water partition coefficient (Wildman–Crippen LogP) is -0.662. The third-order valence-corrected chi connectivity index (χ3v) is 2.93. The van der Waals surface area contributed by atoms with Crippen molar-refractivity contribution in [1.29, 1.82) is 0 Å². The molecule has 94 valence electrons. The van der Waals surface area contributed by atoms with Crippen molar-refractivity contribution in [1.82, 2.24) is 4.98 Å². The molecule has 0 aliphatic heterocycles. The Kier molecular flexibility index (Phi) is 4.02. The van der Waals surface area contributed by atoms with Gasteiger partial charge in [0, 0.05) is 13.2 Å². The number of hydrogen-bond donors (Lipinski definition) is 1. The monoisotopic (exact) mass is 259 g/mol. The molecule has 1 rings (SSSR count). The van der Waals surface area contributed by atoms with E-state index in [-0.39, 0.29) is 11.4 Å². The van der Waals surface area contributed by atoms with Crippen LogP contribution in [-0.2, 0) is 19.6 Å². The van der Waals surface area contributed by atoms with E-state index < -0.39 is 16.0 Å². The molecule has 0 amide bonds. The molecule has 0 unspecified atom stereocenters. The minimum absolute atomic E-state index is 0.0260. The van der Waals surface area contributed by atoms with Crippen LogP contribution < -0.4 is 10.0 Å². The highest BCUT2D eigenvalue weighted by Crippen LogP contribution is 2.11. The van der Waals surface area contributed by atoms with E-state index in [1.54, 1.807) is 7.05 Å². The lowest BCUT2D eigenvalue weighted by molar-refractivity contribution is -0.138. The number of carbonyl (C=O) groups excluding carboxylic acids is 1.